The van der Waals surface area contributed by atoms with Gasteiger partial charge in [-0.3, -0.25) is 9.20 Å². The number of aromatic nitrogens is 3. The molecule has 4 heterocycles. The van der Waals surface area contributed by atoms with E-state index in [0.29, 0.717) is 18.0 Å². The molecule has 1 N–H and O–H groups in total. The van der Waals surface area contributed by atoms with Crippen molar-refractivity contribution >= 4 is 23.2 Å². The Balaban J connectivity index is 1.55. The van der Waals surface area contributed by atoms with Gasteiger partial charge in [0.15, 0.2) is 0 Å². The van der Waals surface area contributed by atoms with Crippen molar-refractivity contribution < 1.29 is 4.79 Å². The number of anilines is 2. The fourth-order valence-corrected chi connectivity index (χ4v) is 5.36. The monoisotopic (exact) mass is 477 g/mol. The summed E-state index contributed by atoms with van der Waals surface area (Å²) in [6.45, 7) is 1.82. The molecule has 2 aliphatic rings. The van der Waals surface area contributed by atoms with E-state index in [1.54, 1.807) is 4.90 Å². The maximum Gasteiger partial charge on any atom is 0.231 e. The summed E-state index contributed by atoms with van der Waals surface area (Å²) in [6, 6.07) is 16.4. The summed E-state index contributed by atoms with van der Waals surface area (Å²) in [5.41, 5.74) is 7.02. The minimum Gasteiger partial charge on any atom is -0.342 e. The van der Waals surface area contributed by atoms with Crippen molar-refractivity contribution in [1.29, 1.82) is 5.26 Å². The molecule has 180 valence electrons. The number of carbonyl (C=O) groups excluding carboxylic acids is 1. The van der Waals surface area contributed by atoms with Gasteiger partial charge in [0.05, 0.1) is 29.3 Å². The molecule has 2 aliphatic heterocycles. The van der Waals surface area contributed by atoms with Crippen LogP contribution in [-0.2, 0) is 11.2 Å². The molecule has 0 spiro atoms. The van der Waals surface area contributed by atoms with Crippen LogP contribution in [0.3, 0.4) is 0 Å². The Kier molecular flexibility index (Phi) is 5.42. The highest BCUT2D eigenvalue weighted by Gasteiger charge is 2.27. The van der Waals surface area contributed by atoms with Crippen molar-refractivity contribution in [2.45, 2.75) is 25.3 Å². The van der Waals surface area contributed by atoms with Gasteiger partial charge in [-0.2, -0.15) is 5.26 Å². The third-order valence-corrected chi connectivity index (χ3v) is 7.45. The minimum atomic E-state index is 0.0962. The van der Waals surface area contributed by atoms with E-state index in [2.05, 4.69) is 26.8 Å². The van der Waals surface area contributed by atoms with Crippen LogP contribution < -0.4 is 15.1 Å². The molecule has 2 aromatic heterocycles. The quantitative estimate of drug-likeness (QED) is 0.483. The van der Waals surface area contributed by atoms with Crippen LogP contribution in [0.15, 0.2) is 54.9 Å². The molecular weight excluding hydrogens is 450 g/mol. The lowest BCUT2D eigenvalue weighted by Crippen LogP contribution is -2.42. The third kappa shape index (κ3) is 3.60. The molecule has 1 amide bonds. The van der Waals surface area contributed by atoms with Crippen molar-refractivity contribution in [3.8, 4) is 28.5 Å². The first-order valence-corrected chi connectivity index (χ1v) is 12.3. The van der Waals surface area contributed by atoms with Crippen LogP contribution in [0.5, 0.6) is 0 Å². The molecule has 8 heteroatoms. The second kappa shape index (κ2) is 8.77. The van der Waals surface area contributed by atoms with Crippen molar-refractivity contribution in [2.24, 2.45) is 0 Å². The number of benzene rings is 2. The number of nitrogens with one attached hydrogen (secondary N) is 1. The SMILES string of the molecule is CNC1CCN(c2nc(-c3ccc(C#N)cc3)c(-c3ccc4c(c3)CC(=O)N4C)c3nccn23)CC1. The zero-order chi connectivity index (χ0) is 24.8. The number of imidazole rings is 1. The third-order valence-electron chi connectivity index (χ3n) is 7.45. The largest absolute Gasteiger partial charge is 0.342 e. The Bertz CT molecular complexity index is 1510. The summed E-state index contributed by atoms with van der Waals surface area (Å²) >= 11 is 0. The number of fused-ring (bicyclic) bond motifs is 2. The molecule has 4 aromatic rings. The van der Waals surface area contributed by atoms with Gasteiger partial charge in [-0.05, 0) is 55.3 Å². The Morgan fingerprint density at radius 1 is 1.08 bits per heavy atom. The highest BCUT2D eigenvalue weighted by molar-refractivity contribution is 6.02. The summed E-state index contributed by atoms with van der Waals surface area (Å²) in [6.07, 6.45) is 6.28. The number of carbonyl (C=O) groups is 1. The zero-order valence-electron chi connectivity index (χ0n) is 20.4. The predicted octanol–water partition coefficient (Wildman–Crippen LogP) is 3.64. The molecule has 0 unspecified atom stereocenters. The van der Waals surface area contributed by atoms with E-state index in [1.807, 2.05) is 62.9 Å². The molecule has 1 saturated heterocycles. The van der Waals surface area contributed by atoms with E-state index < -0.39 is 0 Å². The maximum absolute atomic E-state index is 12.3. The molecule has 1 fully saturated rings. The standard InChI is InChI=1S/C28H27N7O/c1-30-22-9-12-34(13-10-22)28-32-26(19-5-3-18(17-29)4-6-19)25(27-31-11-14-35(27)28)20-7-8-23-21(15-20)16-24(36)33(23)2/h3-8,11,14-15,22,30H,9-10,12-13,16H2,1-2H3. The number of nitriles is 1. The first-order valence-electron chi connectivity index (χ1n) is 12.3. The number of nitrogens with zero attached hydrogens (tertiary/aromatic N) is 6. The van der Waals surface area contributed by atoms with E-state index in [9.17, 15) is 10.1 Å². The van der Waals surface area contributed by atoms with Gasteiger partial charge < -0.3 is 15.1 Å². The van der Waals surface area contributed by atoms with Gasteiger partial charge in [0.1, 0.15) is 5.65 Å². The first-order chi connectivity index (χ1) is 17.6. The summed E-state index contributed by atoms with van der Waals surface area (Å²) in [4.78, 5) is 26.4. The lowest BCUT2D eigenvalue weighted by Gasteiger charge is -2.33. The summed E-state index contributed by atoms with van der Waals surface area (Å²) < 4.78 is 2.08. The van der Waals surface area contributed by atoms with Gasteiger partial charge in [-0.1, -0.05) is 18.2 Å². The van der Waals surface area contributed by atoms with Crippen LogP contribution in [0.1, 0.15) is 24.0 Å². The molecule has 0 bridgehead atoms. The number of hydrogen-bond donors (Lipinski definition) is 1. The number of amides is 1. The molecule has 36 heavy (non-hydrogen) atoms. The van der Waals surface area contributed by atoms with Crippen LogP contribution in [0.25, 0.3) is 28.0 Å². The van der Waals surface area contributed by atoms with Crippen LogP contribution in [0, 0.1) is 11.3 Å². The molecule has 0 atom stereocenters. The Labute approximate surface area is 209 Å². The Morgan fingerprint density at radius 2 is 1.83 bits per heavy atom. The van der Waals surface area contributed by atoms with Crippen molar-refractivity contribution in [1.82, 2.24) is 19.7 Å². The second-order valence-electron chi connectivity index (χ2n) is 9.47. The maximum atomic E-state index is 12.3. The average molecular weight is 478 g/mol. The molecule has 8 nitrogen and oxygen atoms in total. The normalized spacial score (nSPS) is 16.0. The molecular formula is C28H27N7O. The lowest BCUT2D eigenvalue weighted by molar-refractivity contribution is -0.117. The molecule has 2 aromatic carbocycles. The summed E-state index contributed by atoms with van der Waals surface area (Å²) in [7, 11) is 3.84. The van der Waals surface area contributed by atoms with Crippen molar-refractivity contribution in [2.75, 3.05) is 37.0 Å². The number of hydrogen-bond acceptors (Lipinski definition) is 6. The fourth-order valence-electron chi connectivity index (χ4n) is 5.36. The van der Waals surface area contributed by atoms with E-state index in [4.69, 9.17) is 9.97 Å². The van der Waals surface area contributed by atoms with Gasteiger partial charge in [0.2, 0.25) is 11.9 Å². The molecule has 0 aliphatic carbocycles. The van der Waals surface area contributed by atoms with Gasteiger partial charge in [0, 0.05) is 49.8 Å². The fraction of sp³-hybridized carbons (Fsp3) is 0.286. The van der Waals surface area contributed by atoms with Gasteiger partial charge in [-0.15, -0.1) is 0 Å². The highest BCUT2D eigenvalue weighted by atomic mass is 16.2. The lowest BCUT2D eigenvalue weighted by atomic mass is 9.97. The molecule has 0 saturated carbocycles. The van der Waals surface area contributed by atoms with Gasteiger partial charge >= 0.3 is 0 Å². The predicted molar refractivity (Wildman–Crippen MR) is 140 cm³/mol. The average Bonchev–Trinajstić information content (AvgIpc) is 3.52. The van der Waals surface area contributed by atoms with Crippen molar-refractivity contribution in [3.05, 3.63) is 66.0 Å². The zero-order valence-corrected chi connectivity index (χ0v) is 20.4. The van der Waals surface area contributed by atoms with Crippen LogP contribution in [0.2, 0.25) is 0 Å². The number of rotatable bonds is 4. The van der Waals surface area contributed by atoms with Crippen molar-refractivity contribution in [3.63, 3.8) is 0 Å². The molecule has 6 rings (SSSR count). The smallest absolute Gasteiger partial charge is 0.231 e. The summed E-state index contributed by atoms with van der Waals surface area (Å²) in [5.74, 6) is 0.968. The highest BCUT2D eigenvalue weighted by Crippen LogP contribution is 2.39. The van der Waals surface area contributed by atoms with E-state index >= 15 is 0 Å². The number of piperidine rings is 1. The topological polar surface area (TPSA) is 89.6 Å². The first kappa shape index (κ1) is 22.3. The number of likely N-dealkylation sites (N-methyl/N-ethyl adjacent to an activating group) is 1. The Hall–Kier alpha value is -4.22. The van der Waals surface area contributed by atoms with Crippen LogP contribution >= 0.6 is 0 Å². The van der Waals surface area contributed by atoms with E-state index in [0.717, 1.165) is 71.2 Å². The van der Waals surface area contributed by atoms with Crippen LogP contribution in [0.4, 0.5) is 11.6 Å². The minimum absolute atomic E-state index is 0.0962. The van der Waals surface area contributed by atoms with E-state index in [1.165, 1.54) is 0 Å². The molecule has 0 radical (unpaired) electrons. The summed E-state index contributed by atoms with van der Waals surface area (Å²) in [5, 5.41) is 12.7. The van der Waals surface area contributed by atoms with Gasteiger partial charge in [-0.25, -0.2) is 9.97 Å². The second-order valence-corrected chi connectivity index (χ2v) is 9.47. The Morgan fingerprint density at radius 3 is 2.56 bits per heavy atom. The van der Waals surface area contributed by atoms with Crippen LogP contribution in [-0.4, -0.2) is 53.5 Å². The van der Waals surface area contributed by atoms with E-state index in [-0.39, 0.29) is 5.91 Å². The van der Waals surface area contributed by atoms with Gasteiger partial charge in [0.25, 0.3) is 0 Å².